The molecule has 2 aliphatic rings. The molecule has 2 fully saturated rings. The summed E-state index contributed by atoms with van der Waals surface area (Å²) in [5.41, 5.74) is 0. The molecule has 1 atom stereocenters. The molecule has 0 bridgehead atoms. The molecule has 156 valence electrons. The van der Waals surface area contributed by atoms with E-state index in [4.69, 9.17) is 0 Å². The summed E-state index contributed by atoms with van der Waals surface area (Å²) >= 11 is 1.75. The number of hydrogen-bond donors (Lipinski definition) is 0. The van der Waals surface area contributed by atoms with Crippen LogP contribution in [-0.2, 0) is 21.4 Å². The molecule has 1 aromatic heterocycles. The molecule has 2 aliphatic heterocycles. The molecule has 0 spiro atoms. The maximum atomic E-state index is 13.3. The first-order chi connectivity index (χ1) is 14.1. The maximum Gasteiger partial charge on any atom is 0.243 e. The van der Waals surface area contributed by atoms with Crippen LogP contribution < -0.4 is 0 Å². The van der Waals surface area contributed by atoms with Crippen LogP contribution >= 0.6 is 11.3 Å². The number of thiophene rings is 1. The first-order valence-electron chi connectivity index (χ1n) is 10.2. The van der Waals surface area contributed by atoms with Crippen molar-refractivity contribution in [2.45, 2.75) is 36.7 Å². The second-order valence-corrected chi connectivity index (χ2v) is 10.5. The maximum absolute atomic E-state index is 13.3. The topological polar surface area (TPSA) is 60.9 Å². The number of rotatable bonds is 5. The smallest absolute Gasteiger partial charge is 0.243 e. The summed E-state index contributed by atoms with van der Waals surface area (Å²) in [4.78, 5) is 19.1. The lowest BCUT2D eigenvalue weighted by molar-refractivity contribution is -0.138. The van der Waals surface area contributed by atoms with E-state index in [1.54, 1.807) is 41.7 Å². The normalized spacial score (nSPS) is 21.9. The molecule has 1 amide bonds. The highest BCUT2D eigenvalue weighted by atomic mass is 32.2. The van der Waals surface area contributed by atoms with Crippen LogP contribution in [0.2, 0.25) is 0 Å². The van der Waals surface area contributed by atoms with Gasteiger partial charge in [0.25, 0.3) is 0 Å². The SMILES string of the molecule is O=C([C@@H]1CCCCN1S(=O)(=O)c1ccccc1)N1CCN(Cc2cccs2)CC1. The van der Waals surface area contributed by atoms with Gasteiger partial charge in [-0.25, -0.2) is 8.42 Å². The molecule has 3 heterocycles. The quantitative estimate of drug-likeness (QED) is 0.727. The van der Waals surface area contributed by atoms with Gasteiger partial charge in [0.1, 0.15) is 6.04 Å². The summed E-state index contributed by atoms with van der Waals surface area (Å²) in [7, 11) is -3.66. The third-order valence-electron chi connectivity index (χ3n) is 5.73. The average molecular weight is 434 g/mol. The van der Waals surface area contributed by atoms with Gasteiger partial charge in [0.15, 0.2) is 0 Å². The molecule has 2 aromatic rings. The van der Waals surface area contributed by atoms with E-state index in [1.807, 2.05) is 4.90 Å². The first-order valence-corrected chi connectivity index (χ1v) is 12.5. The second kappa shape index (κ2) is 8.95. The number of nitrogens with zero attached hydrogens (tertiary/aromatic N) is 3. The monoisotopic (exact) mass is 433 g/mol. The zero-order valence-electron chi connectivity index (χ0n) is 16.4. The molecule has 2 saturated heterocycles. The lowest BCUT2D eigenvalue weighted by Gasteiger charge is -2.40. The number of piperidine rings is 1. The second-order valence-electron chi connectivity index (χ2n) is 7.62. The third kappa shape index (κ3) is 4.55. The van der Waals surface area contributed by atoms with Gasteiger partial charge in [0.2, 0.25) is 15.9 Å². The van der Waals surface area contributed by atoms with E-state index in [1.165, 1.54) is 9.18 Å². The molecule has 0 N–H and O–H groups in total. The number of carbonyl (C=O) groups is 1. The molecule has 1 aromatic carbocycles. The number of sulfonamides is 1. The van der Waals surface area contributed by atoms with E-state index < -0.39 is 16.1 Å². The zero-order chi connectivity index (χ0) is 20.3. The molecule has 4 rings (SSSR count). The van der Waals surface area contributed by atoms with Gasteiger partial charge in [-0.3, -0.25) is 9.69 Å². The molecule has 29 heavy (non-hydrogen) atoms. The largest absolute Gasteiger partial charge is 0.339 e. The van der Waals surface area contributed by atoms with Crippen LogP contribution in [0.25, 0.3) is 0 Å². The minimum absolute atomic E-state index is 0.0417. The number of benzene rings is 1. The summed E-state index contributed by atoms with van der Waals surface area (Å²) in [6.45, 7) is 4.27. The predicted octanol–water partition coefficient (Wildman–Crippen LogP) is 2.64. The highest BCUT2D eigenvalue weighted by molar-refractivity contribution is 7.89. The average Bonchev–Trinajstić information content (AvgIpc) is 3.27. The zero-order valence-corrected chi connectivity index (χ0v) is 18.1. The molecule has 8 heteroatoms. The van der Waals surface area contributed by atoms with Crippen LogP contribution in [0.5, 0.6) is 0 Å². The number of hydrogen-bond acceptors (Lipinski definition) is 5. The highest BCUT2D eigenvalue weighted by Crippen LogP contribution is 2.27. The Bertz CT molecular complexity index is 908. The summed E-state index contributed by atoms with van der Waals surface area (Å²) in [5.74, 6) is -0.0417. The number of piperazine rings is 1. The van der Waals surface area contributed by atoms with Gasteiger partial charge < -0.3 is 4.90 Å². The fourth-order valence-corrected chi connectivity index (χ4v) is 6.55. The van der Waals surface area contributed by atoms with Gasteiger partial charge >= 0.3 is 0 Å². The summed E-state index contributed by atoms with van der Waals surface area (Å²) in [6, 6.07) is 12.1. The van der Waals surface area contributed by atoms with Crippen LogP contribution in [0.1, 0.15) is 24.1 Å². The van der Waals surface area contributed by atoms with E-state index in [-0.39, 0.29) is 10.8 Å². The van der Waals surface area contributed by atoms with E-state index in [9.17, 15) is 13.2 Å². The third-order valence-corrected chi connectivity index (χ3v) is 8.52. The molecule has 0 saturated carbocycles. The summed E-state index contributed by atoms with van der Waals surface area (Å²) in [5, 5.41) is 2.08. The highest BCUT2D eigenvalue weighted by Gasteiger charge is 2.39. The van der Waals surface area contributed by atoms with Gasteiger partial charge in [-0.1, -0.05) is 30.7 Å². The van der Waals surface area contributed by atoms with Crippen LogP contribution in [0.4, 0.5) is 0 Å². The van der Waals surface area contributed by atoms with Gasteiger partial charge in [-0.2, -0.15) is 4.31 Å². The van der Waals surface area contributed by atoms with Gasteiger partial charge in [0.05, 0.1) is 4.90 Å². The number of carbonyl (C=O) groups excluding carboxylic acids is 1. The van der Waals surface area contributed by atoms with Crippen molar-refractivity contribution < 1.29 is 13.2 Å². The minimum Gasteiger partial charge on any atom is -0.339 e. The summed E-state index contributed by atoms with van der Waals surface area (Å²) in [6.07, 6.45) is 2.28. The van der Waals surface area contributed by atoms with Crippen molar-refractivity contribution in [2.24, 2.45) is 0 Å². The Balaban J connectivity index is 1.43. The van der Waals surface area contributed by atoms with Gasteiger partial charge in [-0.05, 0) is 36.4 Å². The fraction of sp³-hybridized carbons (Fsp3) is 0.476. The van der Waals surface area contributed by atoms with Crippen molar-refractivity contribution in [3.63, 3.8) is 0 Å². The van der Waals surface area contributed by atoms with Crippen LogP contribution in [0, 0.1) is 0 Å². The number of amides is 1. The van der Waals surface area contributed by atoms with E-state index >= 15 is 0 Å². The van der Waals surface area contributed by atoms with Crippen molar-refractivity contribution in [3.8, 4) is 0 Å². The van der Waals surface area contributed by atoms with E-state index in [2.05, 4.69) is 22.4 Å². The molecule has 0 radical (unpaired) electrons. The minimum atomic E-state index is -3.66. The van der Waals surface area contributed by atoms with Crippen LogP contribution in [-0.4, -0.2) is 67.2 Å². The van der Waals surface area contributed by atoms with Gasteiger partial charge in [0, 0.05) is 44.1 Å². The first kappa shape index (κ1) is 20.5. The van der Waals surface area contributed by atoms with Crippen molar-refractivity contribution >= 4 is 27.3 Å². The Morgan fingerprint density at radius 2 is 1.72 bits per heavy atom. The van der Waals surface area contributed by atoms with E-state index in [0.29, 0.717) is 26.1 Å². The van der Waals surface area contributed by atoms with Crippen LogP contribution in [0.3, 0.4) is 0 Å². The van der Waals surface area contributed by atoms with Crippen LogP contribution in [0.15, 0.2) is 52.7 Å². The Morgan fingerprint density at radius 1 is 0.966 bits per heavy atom. The Morgan fingerprint density at radius 3 is 2.41 bits per heavy atom. The molecular weight excluding hydrogens is 406 g/mol. The lowest BCUT2D eigenvalue weighted by Crippen LogP contribution is -2.56. The Labute approximate surface area is 176 Å². The Kier molecular flexibility index (Phi) is 6.34. The predicted molar refractivity (Wildman–Crippen MR) is 114 cm³/mol. The van der Waals surface area contributed by atoms with Crippen molar-refractivity contribution in [3.05, 3.63) is 52.7 Å². The Hall–Kier alpha value is -1.74. The lowest BCUT2D eigenvalue weighted by atomic mass is 10.0. The van der Waals surface area contributed by atoms with Gasteiger partial charge in [-0.15, -0.1) is 11.3 Å². The molecule has 0 aliphatic carbocycles. The van der Waals surface area contributed by atoms with E-state index in [0.717, 1.165) is 32.5 Å². The standard InChI is InChI=1S/C21H27N3O3S2/c25-21(23-14-12-22(13-15-23)17-18-7-6-16-28-18)20-10-4-5-11-24(20)29(26,27)19-8-2-1-3-9-19/h1-3,6-9,16,20H,4-5,10-15,17H2/t20-/m0/s1. The molecular formula is C21H27N3O3S2. The summed E-state index contributed by atoms with van der Waals surface area (Å²) < 4.78 is 27.8. The van der Waals surface area contributed by atoms with Crippen molar-refractivity contribution in [2.75, 3.05) is 32.7 Å². The molecule has 0 unspecified atom stereocenters. The van der Waals surface area contributed by atoms with Crippen molar-refractivity contribution in [1.82, 2.24) is 14.1 Å². The van der Waals surface area contributed by atoms with Crippen molar-refractivity contribution in [1.29, 1.82) is 0 Å². The molecule has 6 nitrogen and oxygen atoms in total. The fourth-order valence-electron chi connectivity index (χ4n) is 4.13.